The van der Waals surface area contributed by atoms with Gasteiger partial charge in [-0.3, -0.25) is 0 Å². The van der Waals surface area contributed by atoms with Gasteiger partial charge in [0.25, 0.3) is 0 Å². The van der Waals surface area contributed by atoms with Crippen molar-refractivity contribution in [2.75, 3.05) is 0 Å². The zero-order valence-electron chi connectivity index (χ0n) is 10.7. The van der Waals surface area contributed by atoms with Gasteiger partial charge < -0.3 is 0 Å². The lowest BCUT2D eigenvalue weighted by molar-refractivity contribution is 0.319. The van der Waals surface area contributed by atoms with Gasteiger partial charge in [0.1, 0.15) is 0 Å². The summed E-state index contributed by atoms with van der Waals surface area (Å²) in [6, 6.07) is 9.33. The molecule has 88 valence electrons. The van der Waals surface area contributed by atoms with E-state index in [2.05, 4.69) is 38.1 Å². The topological polar surface area (TPSA) is 0 Å². The molecule has 2 rings (SSSR count). The first-order chi connectivity index (χ1) is 7.83. The molecule has 0 heterocycles. The molecule has 1 fully saturated rings. The van der Waals surface area contributed by atoms with Crippen molar-refractivity contribution in [1.29, 1.82) is 0 Å². The molecule has 0 N–H and O–H groups in total. The summed E-state index contributed by atoms with van der Waals surface area (Å²) in [5.41, 5.74) is 3.04. The summed E-state index contributed by atoms with van der Waals surface area (Å²) < 4.78 is 0. The van der Waals surface area contributed by atoms with Crippen LogP contribution < -0.4 is 0 Å². The molecule has 0 aromatic heterocycles. The Hall–Kier alpha value is -0.780. The second-order valence-corrected chi connectivity index (χ2v) is 5.22. The molecule has 16 heavy (non-hydrogen) atoms. The fourth-order valence-electron chi connectivity index (χ4n) is 2.93. The zero-order chi connectivity index (χ0) is 11.4. The van der Waals surface area contributed by atoms with E-state index < -0.39 is 0 Å². The number of aryl methyl sites for hydroxylation is 1. The lowest BCUT2D eigenvalue weighted by atomic mass is 9.78. The smallest absolute Gasteiger partial charge is 0.0162 e. The zero-order valence-corrected chi connectivity index (χ0v) is 10.7. The molecule has 0 radical (unpaired) electrons. The third kappa shape index (κ3) is 2.66. The lowest BCUT2D eigenvalue weighted by Gasteiger charge is -2.28. The van der Waals surface area contributed by atoms with Crippen LogP contribution in [0.1, 0.15) is 63.0 Å². The Morgan fingerprint density at radius 1 is 0.938 bits per heavy atom. The van der Waals surface area contributed by atoms with E-state index >= 15 is 0 Å². The van der Waals surface area contributed by atoms with E-state index in [0.29, 0.717) is 0 Å². The highest BCUT2D eigenvalue weighted by Gasteiger charge is 2.20. The van der Waals surface area contributed by atoms with Gasteiger partial charge in [0, 0.05) is 0 Å². The molecule has 0 aliphatic heterocycles. The highest BCUT2D eigenvalue weighted by molar-refractivity contribution is 5.25. The summed E-state index contributed by atoms with van der Waals surface area (Å²) in [6.45, 7) is 4.56. The minimum Gasteiger partial charge on any atom is -0.0651 e. The second kappa shape index (κ2) is 5.52. The molecule has 1 aromatic carbocycles. The normalized spacial score (nSPS) is 25.6. The maximum Gasteiger partial charge on any atom is -0.0162 e. The first kappa shape index (κ1) is 11.7. The third-order valence-corrected chi connectivity index (χ3v) is 4.28. The van der Waals surface area contributed by atoms with E-state index in [0.717, 1.165) is 18.3 Å². The maximum absolute atomic E-state index is 2.36. The molecule has 0 unspecified atom stereocenters. The summed E-state index contributed by atoms with van der Waals surface area (Å²) in [6.07, 6.45) is 8.23. The first-order valence-corrected chi connectivity index (χ1v) is 6.92. The highest BCUT2D eigenvalue weighted by atomic mass is 14.3. The van der Waals surface area contributed by atoms with Crippen molar-refractivity contribution < 1.29 is 0 Å². The van der Waals surface area contributed by atoms with E-state index in [1.807, 2.05) is 0 Å². The van der Waals surface area contributed by atoms with E-state index in [4.69, 9.17) is 0 Å². The molecule has 0 heteroatoms. The predicted molar refractivity (Wildman–Crippen MR) is 70.8 cm³/mol. The van der Waals surface area contributed by atoms with E-state index in [9.17, 15) is 0 Å². The molecule has 0 bridgehead atoms. The summed E-state index contributed by atoms with van der Waals surface area (Å²) in [4.78, 5) is 0. The second-order valence-electron chi connectivity index (χ2n) is 5.22. The van der Waals surface area contributed by atoms with Gasteiger partial charge >= 0.3 is 0 Å². The SMILES string of the molecule is CCc1ccc(C2CCC(CC)CC2)cc1. The Morgan fingerprint density at radius 3 is 2.06 bits per heavy atom. The van der Waals surface area contributed by atoms with Gasteiger partial charge in [-0.25, -0.2) is 0 Å². The van der Waals surface area contributed by atoms with E-state index in [-0.39, 0.29) is 0 Å². The first-order valence-electron chi connectivity index (χ1n) is 6.92. The molecule has 0 nitrogen and oxygen atoms in total. The largest absolute Gasteiger partial charge is 0.0651 e. The monoisotopic (exact) mass is 216 g/mol. The maximum atomic E-state index is 2.36. The summed E-state index contributed by atoms with van der Waals surface area (Å²) >= 11 is 0. The van der Waals surface area contributed by atoms with Crippen molar-refractivity contribution in [1.82, 2.24) is 0 Å². The Kier molecular flexibility index (Phi) is 4.04. The molecule has 0 spiro atoms. The Labute approximate surface area is 100 Å². The molecule has 1 aliphatic carbocycles. The van der Waals surface area contributed by atoms with Crippen molar-refractivity contribution in [3.63, 3.8) is 0 Å². The molecular formula is C16H24. The van der Waals surface area contributed by atoms with Crippen LogP contribution in [0.2, 0.25) is 0 Å². The average Bonchev–Trinajstić information content (AvgIpc) is 2.39. The van der Waals surface area contributed by atoms with E-state index in [1.165, 1.54) is 37.7 Å². The van der Waals surface area contributed by atoms with Gasteiger partial charge in [0.2, 0.25) is 0 Å². The number of hydrogen-bond donors (Lipinski definition) is 0. The van der Waals surface area contributed by atoms with Crippen LogP contribution in [0, 0.1) is 5.92 Å². The Morgan fingerprint density at radius 2 is 1.56 bits per heavy atom. The van der Waals surface area contributed by atoms with Gasteiger partial charge in [-0.05, 0) is 55.1 Å². The third-order valence-electron chi connectivity index (χ3n) is 4.28. The van der Waals surface area contributed by atoms with Crippen LogP contribution >= 0.6 is 0 Å². The number of hydrogen-bond acceptors (Lipinski definition) is 0. The van der Waals surface area contributed by atoms with Gasteiger partial charge in [0.05, 0.1) is 0 Å². The van der Waals surface area contributed by atoms with Gasteiger partial charge in [-0.1, -0.05) is 44.5 Å². The molecule has 0 atom stereocenters. The van der Waals surface area contributed by atoms with Crippen molar-refractivity contribution in [2.24, 2.45) is 5.92 Å². The minimum atomic E-state index is 0.841. The van der Waals surface area contributed by atoms with E-state index in [1.54, 1.807) is 5.56 Å². The van der Waals surface area contributed by atoms with Crippen LogP contribution in [0.15, 0.2) is 24.3 Å². The number of benzene rings is 1. The van der Waals surface area contributed by atoms with Crippen molar-refractivity contribution >= 4 is 0 Å². The predicted octanol–water partition coefficient (Wildman–Crippen LogP) is 4.93. The summed E-state index contributed by atoms with van der Waals surface area (Å²) in [5.74, 6) is 1.85. The van der Waals surface area contributed by atoms with Crippen LogP contribution in [0.25, 0.3) is 0 Å². The van der Waals surface area contributed by atoms with Crippen LogP contribution in [-0.4, -0.2) is 0 Å². The standard InChI is InChI=1S/C16H24/c1-3-13-5-9-15(10-6-13)16-11-7-14(4-2)8-12-16/h5-6,9-10,14,16H,3-4,7-8,11-12H2,1-2H3. The summed E-state index contributed by atoms with van der Waals surface area (Å²) in [5, 5.41) is 0. The lowest BCUT2D eigenvalue weighted by Crippen LogP contribution is -2.12. The minimum absolute atomic E-state index is 0.841. The van der Waals surface area contributed by atoms with Crippen molar-refractivity contribution in [3.05, 3.63) is 35.4 Å². The quantitative estimate of drug-likeness (QED) is 0.672. The summed E-state index contributed by atoms with van der Waals surface area (Å²) in [7, 11) is 0. The molecule has 1 saturated carbocycles. The molecular weight excluding hydrogens is 192 g/mol. The number of rotatable bonds is 3. The van der Waals surface area contributed by atoms with Crippen LogP contribution in [-0.2, 0) is 6.42 Å². The van der Waals surface area contributed by atoms with Gasteiger partial charge in [0.15, 0.2) is 0 Å². The van der Waals surface area contributed by atoms with Crippen LogP contribution in [0.4, 0.5) is 0 Å². The molecule has 1 aromatic rings. The van der Waals surface area contributed by atoms with Gasteiger partial charge in [-0.15, -0.1) is 0 Å². The van der Waals surface area contributed by atoms with Crippen molar-refractivity contribution in [2.45, 2.75) is 58.3 Å². The van der Waals surface area contributed by atoms with Crippen molar-refractivity contribution in [3.8, 4) is 0 Å². The Bertz CT molecular complexity index is 301. The fraction of sp³-hybridized carbons (Fsp3) is 0.625. The Balaban J connectivity index is 1.97. The van der Waals surface area contributed by atoms with Gasteiger partial charge in [-0.2, -0.15) is 0 Å². The van der Waals surface area contributed by atoms with Crippen LogP contribution in [0.3, 0.4) is 0 Å². The fourth-order valence-corrected chi connectivity index (χ4v) is 2.93. The van der Waals surface area contributed by atoms with Crippen LogP contribution in [0.5, 0.6) is 0 Å². The highest BCUT2D eigenvalue weighted by Crippen LogP contribution is 2.36. The molecule has 1 aliphatic rings. The average molecular weight is 216 g/mol. The molecule has 0 saturated heterocycles. The molecule has 0 amide bonds.